The molecule has 18 heavy (non-hydrogen) atoms. The minimum Gasteiger partial charge on any atom is -0.345 e. The van der Waals surface area contributed by atoms with Gasteiger partial charge in [-0.3, -0.25) is 10.2 Å². The molecule has 0 aliphatic rings. The number of amides is 1. The molecular weight excluding hydrogens is 233 g/mol. The lowest BCUT2D eigenvalue weighted by molar-refractivity contribution is -0.121. The van der Waals surface area contributed by atoms with Crippen molar-refractivity contribution in [3.05, 3.63) is 36.3 Å². The van der Waals surface area contributed by atoms with Gasteiger partial charge in [0.25, 0.3) is 0 Å². The second kappa shape index (κ2) is 5.18. The molecule has 1 heterocycles. The van der Waals surface area contributed by atoms with Gasteiger partial charge in [-0.2, -0.15) is 0 Å². The summed E-state index contributed by atoms with van der Waals surface area (Å²) in [5, 5.41) is 0.866. The van der Waals surface area contributed by atoms with Gasteiger partial charge in [0, 0.05) is 29.6 Å². The van der Waals surface area contributed by atoms with Crippen LogP contribution >= 0.6 is 0 Å². The van der Waals surface area contributed by atoms with Crippen molar-refractivity contribution in [2.75, 3.05) is 0 Å². The first kappa shape index (κ1) is 12.6. The normalized spacial score (nSPS) is 12.6. The molecule has 96 valence electrons. The van der Waals surface area contributed by atoms with E-state index in [1.807, 2.05) is 23.8 Å². The number of aromatic nitrogens is 1. The summed E-state index contributed by atoms with van der Waals surface area (Å²) in [7, 11) is 0. The van der Waals surface area contributed by atoms with Crippen molar-refractivity contribution in [3.8, 4) is 0 Å². The van der Waals surface area contributed by atoms with Crippen LogP contribution in [0, 0.1) is 5.82 Å². The first-order chi connectivity index (χ1) is 8.61. The lowest BCUT2D eigenvalue weighted by Crippen LogP contribution is -2.30. The quantitative estimate of drug-likeness (QED) is 0.495. The highest BCUT2D eigenvalue weighted by atomic mass is 19.1. The molecule has 2 aromatic rings. The third-order valence-corrected chi connectivity index (χ3v) is 3.11. The maximum Gasteiger partial charge on any atom is 0.233 e. The van der Waals surface area contributed by atoms with Gasteiger partial charge in [-0.05, 0) is 37.6 Å². The summed E-state index contributed by atoms with van der Waals surface area (Å²) >= 11 is 0. The molecule has 0 spiro atoms. The number of halogens is 1. The van der Waals surface area contributed by atoms with Gasteiger partial charge >= 0.3 is 0 Å². The van der Waals surface area contributed by atoms with Crippen LogP contribution in [0.3, 0.4) is 0 Å². The fourth-order valence-corrected chi connectivity index (χ4v) is 2.07. The Morgan fingerprint density at radius 2 is 2.28 bits per heavy atom. The van der Waals surface area contributed by atoms with E-state index in [4.69, 9.17) is 5.84 Å². The number of nitrogens with one attached hydrogen (secondary N) is 1. The Kier molecular flexibility index (Phi) is 3.62. The van der Waals surface area contributed by atoms with Crippen LogP contribution < -0.4 is 11.3 Å². The minimum atomic E-state index is -0.240. The fraction of sp³-hybridized carbons (Fsp3) is 0.308. The van der Waals surface area contributed by atoms with Crippen molar-refractivity contribution in [2.45, 2.75) is 25.8 Å². The van der Waals surface area contributed by atoms with E-state index in [1.54, 1.807) is 6.07 Å². The van der Waals surface area contributed by atoms with Crippen LogP contribution in [0.4, 0.5) is 4.39 Å². The van der Waals surface area contributed by atoms with E-state index in [-0.39, 0.29) is 17.8 Å². The average Bonchev–Trinajstić information content (AvgIpc) is 2.78. The Morgan fingerprint density at radius 3 is 3.00 bits per heavy atom. The number of fused-ring (bicyclic) bond motifs is 1. The zero-order valence-corrected chi connectivity index (χ0v) is 10.2. The average molecular weight is 249 g/mol. The zero-order chi connectivity index (χ0) is 13.1. The van der Waals surface area contributed by atoms with Gasteiger partial charge in [0.2, 0.25) is 5.91 Å². The van der Waals surface area contributed by atoms with Crippen molar-refractivity contribution < 1.29 is 9.18 Å². The van der Waals surface area contributed by atoms with Gasteiger partial charge in [0.05, 0.1) is 0 Å². The number of hydrogen-bond donors (Lipinski definition) is 2. The predicted octanol–water partition coefficient (Wildman–Crippen LogP) is 2.11. The zero-order valence-electron chi connectivity index (χ0n) is 10.2. The van der Waals surface area contributed by atoms with Crippen molar-refractivity contribution >= 4 is 16.8 Å². The smallest absolute Gasteiger partial charge is 0.233 e. The standard InChI is InChI=1S/C13H16FN3O/c1-9(2-5-13(18)16-15)17-7-6-10-8-11(14)3-4-12(10)17/h3-4,6-9H,2,5,15H2,1H3,(H,16,18). The van der Waals surface area contributed by atoms with E-state index in [0.717, 1.165) is 10.9 Å². The number of hydrogen-bond acceptors (Lipinski definition) is 2. The number of nitrogens with zero attached hydrogens (tertiary/aromatic N) is 1. The molecule has 0 saturated carbocycles. The van der Waals surface area contributed by atoms with Gasteiger partial charge in [-0.15, -0.1) is 0 Å². The summed E-state index contributed by atoms with van der Waals surface area (Å²) in [5.41, 5.74) is 3.08. The second-order valence-electron chi connectivity index (χ2n) is 4.38. The van der Waals surface area contributed by atoms with E-state index in [9.17, 15) is 9.18 Å². The molecule has 0 fully saturated rings. The molecule has 1 aromatic heterocycles. The van der Waals surface area contributed by atoms with Crippen LogP contribution in [-0.4, -0.2) is 10.5 Å². The summed E-state index contributed by atoms with van der Waals surface area (Å²) in [5.74, 6) is 4.62. The number of carbonyl (C=O) groups excluding carboxylic acids is 1. The van der Waals surface area contributed by atoms with Crippen LogP contribution in [0.5, 0.6) is 0 Å². The van der Waals surface area contributed by atoms with E-state index < -0.39 is 0 Å². The molecule has 1 unspecified atom stereocenters. The van der Waals surface area contributed by atoms with Gasteiger partial charge in [-0.25, -0.2) is 10.2 Å². The second-order valence-corrected chi connectivity index (χ2v) is 4.38. The van der Waals surface area contributed by atoms with Gasteiger partial charge in [0.1, 0.15) is 5.82 Å². The molecule has 0 bridgehead atoms. The third-order valence-electron chi connectivity index (χ3n) is 3.11. The van der Waals surface area contributed by atoms with Gasteiger partial charge in [-0.1, -0.05) is 0 Å². The van der Waals surface area contributed by atoms with Crippen LogP contribution in [0.15, 0.2) is 30.5 Å². The lowest BCUT2D eigenvalue weighted by atomic mass is 10.1. The number of nitrogens with two attached hydrogens (primary N) is 1. The van der Waals surface area contributed by atoms with Gasteiger partial charge < -0.3 is 4.57 Å². The van der Waals surface area contributed by atoms with Crippen molar-refractivity contribution in [3.63, 3.8) is 0 Å². The number of hydrazine groups is 1. The molecule has 0 aliphatic carbocycles. The summed E-state index contributed by atoms with van der Waals surface area (Å²) < 4.78 is 15.1. The molecular formula is C13H16FN3O. The van der Waals surface area contributed by atoms with E-state index in [1.165, 1.54) is 12.1 Å². The molecule has 1 aromatic carbocycles. The van der Waals surface area contributed by atoms with E-state index >= 15 is 0 Å². The number of rotatable bonds is 4. The molecule has 1 amide bonds. The van der Waals surface area contributed by atoms with Crippen LogP contribution in [0.1, 0.15) is 25.8 Å². The summed E-state index contributed by atoms with van der Waals surface area (Å²) in [6, 6.07) is 6.73. The van der Waals surface area contributed by atoms with Crippen molar-refractivity contribution in [2.24, 2.45) is 5.84 Å². The highest BCUT2D eigenvalue weighted by Crippen LogP contribution is 2.23. The fourth-order valence-electron chi connectivity index (χ4n) is 2.07. The van der Waals surface area contributed by atoms with Crippen LogP contribution in [0.25, 0.3) is 10.9 Å². The predicted molar refractivity (Wildman–Crippen MR) is 68.2 cm³/mol. The molecule has 1 atom stereocenters. The van der Waals surface area contributed by atoms with Gasteiger partial charge in [0.15, 0.2) is 0 Å². The molecule has 3 N–H and O–H groups in total. The Balaban J connectivity index is 2.17. The first-order valence-corrected chi connectivity index (χ1v) is 5.87. The Morgan fingerprint density at radius 1 is 1.50 bits per heavy atom. The highest BCUT2D eigenvalue weighted by Gasteiger charge is 2.10. The third kappa shape index (κ3) is 2.51. The summed E-state index contributed by atoms with van der Waals surface area (Å²) in [6.07, 6.45) is 2.97. The molecule has 2 rings (SSSR count). The molecule has 5 heteroatoms. The molecule has 0 aliphatic heterocycles. The maximum atomic E-state index is 13.1. The van der Waals surface area contributed by atoms with Crippen molar-refractivity contribution in [1.82, 2.24) is 9.99 Å². The Bertz CT molecular complexity index is 564. The van der Waals surface area contributed by atoms with Crippen molar-refractivity contribution in [1.29, 1.82) is 0 Å². The van der Waals surface area contributed by atoms with Crippen LogP contribution in [0.2, 0.25) is 0 Å². The maximum absolute atomic E-state index is 13.1. The monoisotopic (exact) mass is 249 g/mol. The lowest BCUT2D eigenvalue weighted by Gasteiger charge is -2.14. The largest absolute Gasteiger partial charge is 0.345 e. The topological polar surface area (TPSA) is 60.1 Å². The molecule has 0 radical (unpaired) electrons. The van der Waals surface area contributed by atoms with E-state index in [0.29, 0.717) is 12.8 Å². The summed E-state index contributed by atoms with van der Waals surface area (Å²) in [4.78, 5) is 11.1. The van der Waals surface area contributed by atoms with Crippen LogP contribution in [-0.2, 0) is 4.79 Å². The highest BCUT2D eigenvalue weighted by molar-refractivity contribution is 5.80. The first-order valence-electron chi connectivity index (χ1n) is 5.87. The molecule has 0 saturated heterocycles. The minimum absolute atomic E-state index is 0.158. The molecule has 4 nitrogen and oxygen atoms in total. The number of benzene rings is 1. The Hall–Kier alpha value is -1.88. The summed E-state index contributed by atoms with van der Waals surface area (Å²) in [6.45, 7) is 2.02. The van der Waals surface area contributed by atoms with E-state index in [2.05, 4.69) is 5.43 Å². The SMILES string of the molecule is CC(CCC(=O)NN)n1ccc2cc(F)ccc21. The Labute approximate surface area is 105 Å². The number of carbonyl (C=O) groups is 1.